The van der Waals surface area contributed by atoms with Crippen LogP contribution in [-0.4, -0.2) is 12.0 Å². The molecule has 0 amide bonds. The second-order valence-corrected chi connectivity index (χ2v) is 5.77. The van der Waals surface area contributed by atoms with E-state index < -0.39 is 6.17 Å². The van der Waals surface area contributed by atoms with Gasteiger partial charge in [-0.15, -0.1) is 0 Å². The molecule has 0 saturated heterocycles. The molecule has 1 unspecified atom stereocenters. The minimum Gasteiger partial charge on any atom is -0.289 e. The van der Waals surface area contributed by atoms with Crippen molar-refractivity contribution < 1.29 is 9.18 Å². The molecule has 1 aromatic rings. The van der Waals surface area contributed by atoms with E-state index in [1.807, 2.05) is 37.3 Å². The van der Waals surface area contributed by atoms with Gasteiger partial charge in [-0.3, -0.25) is 4.79 Å². The van der Waals surface area contributed by atoms with Crippen molar-refractivity contribution in [2.24, 2.45) is 0 Å². The Balaban J connectivity index is 1.66. The summed E-state index contributed by atoms with van der Waals surface area (Å²) < 4.78 is 13.0. The average molecular weight is 282 g/mol. The SMILES string of the molecule is Cc1cccc2c1C(=O)C(=CCCC1=CCC(F)C=C1)C2. The van der Waals surface area contributed by atoms with E-state index >= 15 is 0 Å². The van der Waals surface area contributed by atoms with Crippen LogP contribution < -0.4 is 0 Å². The zero-order valence-electron chi connectivity index (χ0n) is 12.2. The fraction of sp³-hybridized carbons (Fsp3) is 0.316. The van der Waals surface area contributed by atoms with Crippen molar-refractivity contribution in [2.45, 2.75) is 38.8 Å². The largest absolute Gasteiger partial charge is 0.289 e. The molecular formula is C19H19FO. The fourth-order valence-electron chi connectivity index (χ4n) is 3.05. The predicted octanol–water partition coefficient (Wildman–Crippen LogP) is 4.66. The second kappa shape index (κ2) is 5.80. The standard InChI is InChI=1S/C19H19FO/c1-13-4-2-6-15-12-16(19(21)18(13)15)7-3-5-14-8-10-17(20)11-9-14/h2,4,6-10,17H,3,5,11-12H2,1H3. The Morgan fingerprint density at radius 3 is 2.95 bits per heavy atom. The summed E-state index contributed by atoms with van der Waals surface area (Å²) in [6.07, 6.45) is 9.59. The summed E-state index contributed by atoms with van der Waals surface area (Å²) in [5.74, 6) is 0.181. The number of carbonyl (C=O) groups excluding carboxylic acids is 1. The zero-order valence-corrected chi connectivity index (χ0v) is 12.2. The number of fused-ring (bicyclic) bond motifs is 1. The van der Waals surface area contributed by atoms with Crippen LogP contribution in [0.25, 0.3) is 0 Å². The monoisotopic (exact) mass is 282 g/mol. The van der Waals surface area contributed by atoms with Crippen LogP contribution in [-0.2, 0) is 6.42 Å². The number of alkyl halides is 1. The van der Waals surface area contributed by atoms with Crippen LogP contribution in [0.15, 0.2) is 53.6 Å². The van der Waals surface area contributed by atoms with Gasteiger partial charge in [-0.1, -0.05) is 48.1 Å². The summed E-state index contributed by atoms with van der Waals surface area (Å²) in [6, 6.07) is 6.04. The first-order chi connectivity index (χ1) is 10.1. The third-order valence-corrected chi connectivity index (χ3v) is 4.21. The molecular weight excluding hydrogens is 263 g/mol. The highest BCUT2D eigenvalue weighted by Crippen LogP contribution is 2.29. The number of rotatable bonds is 3. The number of hydrogen-bond donors (Lipinski definition) is 0. The second-order valence-electron chi connectivity index (χ2n) is 5.77. The smallest absolute Gasteiger partial charge is 0.189 e. The van der Waals surface area contributed by atoms with E-state index in [2.05, 4.69) is 6.08 Å². The number of ketones is 1. The van der Waals surface area contributed by atoms with Crippen molar-refractivity contribution in [1.82, 2.24) is 0 Å². The van der Waals surface area contributed by atoms with Gasteiger partial charge in [0.25, 0.3) is 0 Å². The summed E-state index contributed by atoms with van der Waals surface area (Å²) in [5, 5.41) is 0. The van der Waals surface area contributed by atoms with Gasteiger partial charge in [-0.25, -0.2) is 4.39 Å². The number of hydrogen-bond acceptors (Lipinski definition) is 1. The highest BCUT2D eigenvalue weighted by Gasteiger charge is 2.25. The van der Waals surface area contributed by atoms with E-state index in [0.29, 0.717) is 6.42 Å². The maximum Gasteiger partial charge on any atom is 0.189 e. The van der Waals surface area contributed by atoms with Crippen LogP contribution in [0.2, 0.25) is 0 Å². The van der Waals surface area contributed by atoms with E-state index in [0.717, 1.165) is 41.5 Å². The first kappa shape index (κ1) is 14.0. The molecule has 2 aliphatic carbocycles. The maximum absolute atomic E-state index is 13.0. The molecule has 0 spiro atoms. The topological polar surface area (TPSA) is 17.1 Å². The van der Waals surface area contributed by atoms with E-state index in [1.54, 1.807) is 6.08 Å². The minimum atomic E-state index is -0.832. The third-order valence-electron chi connectivity index (χ3n) is 4.21. The molecule has 2 aliphatic rings. The zero-order chi connectivity index (χ0) is 14.8. The minimum absolute atomic E-state index is 0.181. The maximum atomic E-state index is 13.0. The van der Waals surface area contributed by atoms with Gasteiger partial charge in [-0.2, -0.15) is 0 Å². The lowest BCUT2D eigenvalue weighted by Gasteiger charge is -2.08. The average Bonchev–Trinajstić information content (AvgIpc) is 2.79. The lowest BCUT2D eigenvalue weighted by molar-refractivity contribution is 0.103. The lowest BCUT2D eigenvalue weighted by atomic mass is 10.0. The van der Waals surface area contributed by atoms with E-state index in [1.165, 1.54) is 5.57 Å². The number of benzene rings is 1. The Morgan fingerprint density at radius 1 is 1.38 bits per heavy atom. The number of carbonyl (C=O) groups is 1. The van der Waals surface area contributed by atoms with Crippen LogP contribution in [0.5, 0.6) is 0 Å². The summed E-state index contributed by atoms with van der Waals surface area (Å²) >= 11 is 0. The molecule has 0 saturated carbocycles. The molecule has 0 aromatic heterocycles. The molecule has 0 N–H and O–H groups in total. The summed E-state index contributed by atoms with van der Waals surface area (Å²) in [7, 11) is 0. The van der Waals surface area contributed by atoms with Crippen molar-refractivity contribution in [3.05, 3.63) is 70.3 Å². The first-order valence-electron chi connectivity index (χ1n) is 7.48. The van der Waals surface area contributed by atoms with Crippen LogP contribution in [0.1, 0.15) is 40.7 Å². The van der Waals surface area contributed by atoms with Gasteiger partial charge >= 0.3 is 0 Å². The Kier molecular flexibility index (Phi) is 3.87. The quantitative estimate of drug-likeness (QED) is 0.737. The molecule has 0 heterocycles. The number of aryl methyl sites for hydroxylation is 1. The summed E-state index contributed by atoms with van der Waals surface area (Å²) in [5.41, 5.74) is 5.17. The van der Waals surface area contributed by atoms with Gasteiger partial charge in [-0.05, 0) is 30.9 Å². The van der Waals surface area contributed by atoms with E-state index in [9.17, 15) is 9.18 Å². The molecule has 1 aromatic carbocycles. The fourth-order valence-corrected chi connectivity index (χ4v) is 3.05. The molecule has 0 fully saturated rings. The van der Waals surface area contributed by atoms with Crippen LogP contribution in [0.4, 0.5) is 4.39 Å². The molecule has 108 valence electrons. The molecule has 1 nitrogen and oxygen atoms in total. The van der Waals surface area contributed by atoms with Gasteiger partial charge < -0.3 is 0 Å². The lowest BCUT2D eigenvalue weighted by Crippen LogP contribution is -1.99. The van der Waals surface area contributed by atoms with E-state index in [-0.39, 0.29) is 5.78 Å². The molecule has 2 heteroatoms. The van der Waals surface area contributed by atoms with Gasteiger partial charge in [0.2, 0.25) is 0 Å². The van der Waals surface area contributed by atoms with Crippen molar-refractivity contribution >= 4 is 5.78 Å². The first-order valence-corrected chi connectivity index (χ1v) is 7.48. The van der Waals surface area contributed by atoms with Gasteiger partial charge in [0, 0.05) is 24.0 Å². The highest BCUT2D eigenvalue weighted by atomic mass is 19.1. The molecule has 3 rings (SSSR count). The van der Waals surface area contributed by atoms with Crippen LogP contribution >= 0.6 is 0 Å². The molecule has 21 heavy (non-hydrogen) atoms. The predicted molar refractivity (Wildman–Crippen MR) is 83.3 cm³/mol. The van der Waals surface area contributed by atoms with Crippen LogP contribution in [0, 0.1) is 6.92 Å². The Morgan fingerprint density at radius 2 is 2.24 bits per heavy atom. The van der Waals surface area contributed by atoms with E-state index in [4.69, 9.17) is 0 Å². The Hall–Kier alpha value is -1.96. The van der Waals surface area contributed by atoms with Gasteiger partial charge in [0.1, 0.15) is 6.17 Å². The van der Waals surface area contributed by atoms with Crippen LogP contribution in [0.3, 0.4) is 0 Å². The number of Topliss-reactive ketones (excluding diaryl/α,β-unsaturated/α-hetero) is 1. The summed E-state index contributed by atoms with van der Waals surface area (Å²) in [6.45, 7) is 1.99. The normalized spacial score (nSPS) is 22.6. The third kappa shape index (κ3) is 2.90. The van der Waals surface area contributed by atoms with Crippen molar-refractivity contribution in [1.29, 1.82) is 0 Å². The molecule has 1 atom stereocenters. The summed E-state index contributed by atoms with van der Waals surface area (Å²) in [4.78, 5) is 12.4. The Labute approximate surface area is 124 Å². The van der Waals surface area contributed by atoms with Gasteiger partial charge in [0.05, 0.1) is 0 Å². The molecule has 0 bridgehead atoms. The van der Waals surface area contributed by atoms with Crippen molar-refractivity contribution in [3.8, 4) is 0 Å². The van der Waals surface area contributed by atoms with Crippen molar-refractivity contribution in [3.63, 3.8) is 0 Å². The number of halogens is 1. The van der Waals surface area contributed by atoms with Crippen molar-refractivity contribution in [2.75, 3.05) is 0 Å². The molecule has 0 aliphatic heterocycles. The highest BCUT2D eigenvalue weighted by molar-refractivity contribution is 6.14. The number of allylic oxidation sites excluding steroid dienone is 6. The Bertz CT molecular complexity index is 664. The molecule has 0 radical (unpaired) electrons. The van der Waals surface area contributed by atoms with Gasteiger partial charge in [0.15, 0.2) is 5.78 Å².